The third-order valence-corrected chi connectivity index (χ3v) is 2.50. The lowest BCUT2D eigenvalue weighted by molar-refractivity contribution is 0.682. The van der Waals surface area contributed by atoms with Crippen molar-refractivity contribution < 1.29 is 0 Å². The van der Waals surface area contributed by atoms with E-state index in [2.05, 4.69) is 24.0 Å². The van der Waals surface area contributed by atoms with Gasteiger partial charge in [0.2, 0.25) is 0 Å². The van der Waals surface area contributed by atoms with Gasteiger partial charge in [0.15, 0.2) is 0 Å². The summed E-state index contributed by atoms with van der Waals surface area (Å²) < 4.78 is 0. The molecule has 2 nitrogen and oxygen atoms in total. The van der Waals surface area contributed by atoms with Crippen LogP contribution in [0.2, 0.25) is 0 Å². The van der Waals surface area contributed by atoms with E-state index in [-0.39, 0.29) is 6.04 Å². The van der Waals surface area contributed by atoms with Crippen LogP contribution in [0.15, 0.2) is 36.5 Å². The Balaban J connectivity index is 2.65. The lowest BCUT2D eigenvalue weighted by Gasteiger charge is -2.10. The highest BCUT2D eigenvalue weighted by molar-refractivity contribution is 5.84. The maximum absolute atomic E-state index is 6.00. The van der Waals surface area contributed by atoms with Crippen molar-refractivity contribution in [2.45, 2.75) is 19.4 Å². The summed E-state index contributed by atoms with van der Waals surface area (Å²) in [5.41, 5.74) is 7.00. The number of aromatic nitrogens is 1. The molecule has 0 radical (unpaired) electrons. The van der Waals surface area contributed by atoms with Crippen molar-refractivity contribution in [3.63, 3.8) is 0 Å². The Bertz CT molecular complexity index is 432. The van der Waals surface area contributed by atoms with Crippen LogP contribution in [-0.4, -0.2) is 4.98 Å². The van der Waals surface area contributed by atoms with Gasteiger partial charge in [-0.05, 0) is 17.9 Å². The molecule has 0 saturated carbocycles. The first-order valence-corrected chi connectivity index (χ1v) is 4.92. The summed E-state index contributed by atoms with van der Waals surface area (Å²) >= 11 is 0. The first-order valence-electron chi connectivity index (χ1n) is 4.92. The van der Waals surface area contributed by atoms with E-state index in [1.807, 2.05) is 24.4 Å². The summed E-state index contributed by atoms with van der Waals surface area (Å²) in [5.74, 6) is 0. The van der Waals surface area contributed by atoms with Crippen LogP contribution in [0.1, 0.15) is 25.1 Å². The van der Waals surface area contributed by atoms with E-state index in [1.54, 1.807) is 0 Å². The topological polar surface area (TPSA) is 38.9 Å². The third-order valence-electron chi connectivity index (χ3n) is 2.50. The normalized spacial score (nSPS) is 13.0. The smallest absolute Gasteiger partial charge is 0.0649 e. The molecule has 0 spiro atoms. The predicted octanol–water partition coefficient (Wildman–Crippen LogP) is 2.64. The number of benzene rings is 1. The van der Waals surface area contributed by atoms with Crippen molar-refractivity contribution in [2.24, 2.45) is 5.73 Å². The Hall–Kier alpha value is -1.41. The summed E-state index contributed by atoms with van der Waals surface area (Å²) in [6, 6.07) is 10.3. The minimum atomic E-state index is 0.0427. The highest BCUT2D eigenvalue weighted by Gasteiger charge is 2.08. The Morgan fingerprint density at radius 3 is 2.86 bits per heavy atom. The molecule has 0 fully saturated rings. The minimum absolute atomic E-state index is 0.0427. The van der Waals surface area contributed by atoms with Crippen molar-refractivity contribution in [2.75, 3.05) is 0 Å². The molecule has 1 aromatic carbocycles. The molecule has 0 aliphatic carbocycles. The first-order chi connectivity index (χ1) is 6.83. The molecule has 0 bridgehead atoms. The first kappa shape index (κ1) is 9.16. The van der Waals surface area contributed by atoms with Crippen molar-refractivity contribution >= 4 is 10.8 Å². The van der Waals surface area contributed by atoms with Gasteiger partial charge in [0, 0.05) is 17.6 Å². The lowest BCUT2D eigenvalue weighted by atomic mass is 10.0. The summed E-state index contributed by atoms with van der Waals surface area (Å²) in [7, 11) is 0. The molecular weight excluding hydrogens is 172 g/mol. The monoisotopic (exact) mass is 186 g/mol. The summed E-state index contributed by atoms with van der Waals surface area (Å²) in [6.45, 7) is 2.08. The van der Waals surface area contributed by atoms with Gasteiger partial charge in [-0.25, -0.2) is 0 Å². The highest BCUT2D eigenvalue weighted by Crippen LogP contribution is 2.21. The van der Waals surface area contributed by atoms with Crippen LogP contribution in [0, 0.1) is 0 Å². The van der Waals surface area contributed by atoms with Gasteiger partial charge in [-0.1, -0.05) is 31.2 Å². The van der Waals surface area contributed by atoms with Crippen molar-refractivity contribution in [1.82, 2.24) is 4.98 Å². The number of hydrogen-bond acceptors (Lipinski definition) is 2. The molecular formula is C12H14N2. The number of rotatable bonds is 2. The molecule has 2 aromatic rings. The number of pyridine rings is 1. The van der Waals surface area contributed by atoms with Crippen LogP contribution in [0.4, 0.5) is 0 Å². The third kappa shape index (κ3) is 1.49. The zero-order valence-corrected chi connectivity index (χ0v) is 8.27. The van der Waals surface area contributed by atoms with Gasteiger partial charge >= 0.3 is 0 Å². The van der Waals surface area contributed by atoms with Crippen LogP contribution in [0.5, 0.6) is 0 Å². The Kier molecular flexibility index (Phi) is 2.46. The Morgan fingerprint density at radius 1 is 1.29 bits per heavy atom. The van der Waals surface area contributed by atoms with Crippen LogP contribution in [0.3, 0.4) is 0 Å². The second kappa shape index (κ2) is 3.76. The molecule has 0 saturated heterocycles. The molecule has 0 aliphatic heterocycles. The van der Waals surface area contributed by atoms with Crippen molar-refractivity contribution in [3.05, 3.63) is 42.2 Å². The van der Waals surface area contributed by atoms with Gasteiger partial charge in [0.1, 0.15) is 0 Å². The number of nitrogens with zero attached hydrogens (tertiary/aromatic N) is 1. The molecule has 2 heteroatoms. The summed E-state index contributed by atoms with van der Waals surface area (Å²) in [5, 5.41) is 2.38. The Morgan fingerprint density at radius 2 is 2.07 bits per heavy atom. The molecule has 0 unspecified atom stereocenters. The van der Waals surface area contributed by atoms with Crippen LogP contribution >= 0.6 is 0 Å². The Labute approximate surface area is 83.8 Å². The van der Waals surface area contributed by atoms with E-state index in [9.17, 15) is 0 Å². The van der Waals surface area contributed by atoms with Crippen molar-refractivity contribution in [3.8, 4) is 0 Å². The summed E-state index contributed by atoms with van der Waals surface area (Å²) in [4.78, 5) is 4.35. The van der Waals surface area contributed by atoms with E-state index in [0.29, 0.717) is 0 Å². The lowest BCUT2D eigenvalue weighted by Crippen LogP contribution is -2.10. The SMILES string of the molecule is CC[C@H](N)c1nccc2ccccc12. The quantitative estimate of drug-likeness (QED) is 0.783. The molecule has 2 rings (SSSR count). The largest absolute Gasteiger partial charge is 0.323 e. The fourth-order valence-electron chi connectivity index (χ4n) is 1.63. The highest BCUT2D eigenvalue weighted by atomic mass is 14.8. The minimum Gasteiger partial charge on any atom is -0.323 e. The van der Waals surface area contributed by atoms with E-state index in [1.165, 1.54) is 10.8 Å². The molecule has 14 heavy (non-hydrogen) atoms. The van der Waals surface area contributed by atoms with Crippen LogP contribution < -0.4 is 5.73 Å². The average Bonchev–Trinajstić information content (AvgIpc) is 2.27. The molecule has 2 N–H and O–H groups in total. The standard InChI is InChI=1S/C12H14N2/c1-2-11(13)12-10-6-4-3-5-9(10)7-8-14-12/h3-8,11H,2,13H2,1H3/t11-/m0/s1. The van der Waals surface area contributed by atoms with Gasteiger partial charge in [-0.2, -0.15) is 0 Å². The maximum Gasteiger partial charge on any atom is 0.0649 e. The van der Waals surface area contributed by atoms with Gasteiger partial charge in [0.05, 0.1) is 5.69 Å². The molecule has 0 amide bonds. The van der Waals surface area contributed by atoms with E-state index in [4.69, 9.17) is 5.73 Å². The zero-order valence-electron chi connectivity index (χ0n) is 8.27. The van der Waals surface area contributed by atoms with Gasteiger partial charge in [-0.15, -0.1) is 0 Å². The number of hydrogen-bond donors (Lipinski definition) is 1. The molecule has 1 aromatic heterocycles. The summed E-state index contributed by atoms with van der Waals surface area (Å²) in [6.07, 6.45) is 2.74. The van der Waals surface area contributed by atoms with Crippen LogP contribution in [0.25, 0.3) is 10.8 Å². The maximum atomic E-state index is 6.00. The fourth-order valence-corrected chi connectivity index (χ4v) is 1.63. The fraction of sp³-hybridized carbons (Fsp3) is 0.250. The van der Waals surface area contributed by atoms with E-state index >= 15 is 0 Å². The second-order valence-electron chi connectivity index (χ2n) is 3.43. The second-order valence-corrected chi connectivity index (χ2v) is 3.43. The van der Waals surface area contributed by atoms with E-state index in [0.717, 1.165) is 12.1 Å². The van der Waals surface area contributed by atoms with Crippen LogP contribution in [-0.2, 0) is 0 Å². The van der Waals surface area contributed by atoms with Gasteiger partial charge in [0.25, 0.3) is 0 Å². The zero-order chi connectivity index (χ0) is 9.97. The van der Waals surface area contributed by atoms with E-state index < -0.39 is 0 Å². The molecule has 72 valence electrons. The van der Waals surface area contributed by atoms with Gasteiger partial charge < -0.3 is 5.73 Å². The molecule has 1 atom stereocenters. The molecule has 1 heterocycles. The molecule has 0 aliphatic rings. The average molecular weight is 186 g/mol. The predicted molar refractivity (Wildman–Crippen MR) is 59.0 cm³/mol. The number of fused-ring (bicyclic) bond motifs is 1. The van der Waals surface area contributed by atoms with Gasteiger partial charge in [-0.3, -0.25) is 4.98 Å². The van der Waals surface area contributed by atoms with Crippen molar-refractivity contribution in [1.29, 1.82) is 0 Å². The number of nitrogens with two attached hydrogens (primary N) is 1.